The highest BCUT2D eigenvalue weighted by Gasteiger charge is 2.14. The predicted molar refractivity (Wildman–Crippen MR) is 99.5 cm³/mol. The van der Waals surface area contributed by atoms with E-state index in [0.29, 0.717) is 33.8 Å². The molecule has 8 heteroatoms. The van der Waals surface area contributed by atoms with Gasteiger partial charge in [0.05, 0.1) is 30.0 Å². The van der Waals surface area contributed by atoms with E-state index in [9.17, 15) is 9.59 Å². The Hall–Kier alpha value is -2.44. The Balaban J connectivity index is 1.98. The van der Waals surface area contributed by atoms with Crippen LogP contribution >= 0.6 is 23.2 Å². The average molecular weight is 398 g/mol. The molecule has 0 aliphatic carbocycles. The van der Waals surface area contributed by atoms with Crippen LogP contribution in [0.25, 0.3) is 0 Å². The van der Waals surface area contributed by atoms with Gasteiger partial charge in [-0.05, 0) is 43.3 Å². The third-order valence-corrected chi connectivity index (χ3v) is 3.80. The molecule has 138 valence electrons. The van der Waals surface area contributed by atoms with Crippen LogP contribution in [0, 0.1) is 0 Å². The highest BCUT2D eigenvalue weighted by atomic mass is 35.5. The monoisotopic (exact) mass is 397 g/mol. The summed E-state index contributed by atoms with van der Waals surface area (Å²) in [6.07, 6.45) is 0. The van der Waals surface area contributed by atoms with Crippen molar-refractivity contribution in [2.24, 2.45) is 0 Å². The summed E-state index contributed by atoms with van der Waals surface area (Å²) in [7, 11) is 1.50. The van der Waals surface area contributed by atoms with Gasteiger partial charge in [-0.2, -0.15) is 0 Å². The number of ether oxygens (including phenoxy) is 3. The third-order valence-electron chi connectivity index (χ3n) is 3.24. The highest BCUT2D eigenvalue weighted by molar-refractivity contribution is 6.35. The molecule has 0 heterocycles. The molecule has 1 amide bonds. The molecule has 0 fully saturated rings. The highest BCUT2D eigenvalue weighted by Crippen LogP contribution is 2.28. The number of carbonyl (C=O) groups is 2. The summed E-state index contributed by atoms with van der Waals surface area (Å²) >= 11 is 11.8. The zero-order chi connectivity index (χ0) is 19.1. The fraction of sp³-hybridized carbons (Fsp3) is 0.222. The van der Waals surface area contributed by atoms with Gasteiger partial charge in [0.2, 0.25) is 0 Å². The molecule has 0 radical (unpaired) electrons. The molecular weight excluding hydrogens is 381 g/mol. The third kappa shape index (κ3) is 5.28. The summed E-state index contributed by atoms with van der Waals surface area (Å²) in [5, 5.41) is 3.27. The Morgan fingerprint density at radius 3 is 2.54 bits per heavy atom. The van der Waals surface area contributed by atoms with E-state index in [4.69, 9.17) is 37.4 Å². The molecule has 0 aliphatic heterocycles. The minimum atomic E-state index is -0.666. The number of esters is 1. The number of methoxy groups -OCH3 is 1. The number of amides is 1. The maximum Gasteiger partial charge on any atom is 0.338 e. The van der Waals surface area contributed by atoms with Crippen LogP contribution in [0.5, 0.6) is 11.5 Å². The maximum atomic E-state index is 12.1. The van der Waals surface area contributed by atoms with Gasteiger partial charge in [0.15, 0.2) is 18.1 Å². The zero-order valence-corrected chi connectivity index (χ0v) is 15.7. The minimum Gasteiger partial charge on any atom is -0.493 e. The van der Waals surface area contributed by atoms with E-state index < -0.39 is 18.5 Å². The van der Waals surface area contributed by atoms with E-state index in [1.54, 1.807) is 18.2 Å². The first-order chi connectivity index (χ1) is 12.4. The lowest BCUT2D eigenvalue weighted by atomic mass is 10.2. The molecule has 0 aromatic heterocycles. The van der Waals surface area contributed by atoms with E-state index in [0.717, 1.165) is 0 Å². The maximum absolute atomic E-state index is 12.1. The van der Waals surface area contributed by atoms with Crippen molar-refractivity contribution in [3.63, 3.8) is 0 Å². The average Bonchev–Trinajstić information content (AvgIpc) is 2.63. The Bertz CT molecular complexity index is 810. The first-order valence-electron chi connectivity index (χ1n) is 7.67. The number of rotatable bonds is 7. The second-order valence-corrected chi connectivity index (χ2v) is 5.89. The van der Waals surface area contributed by atoms with Gasteiger partial charge in [0, 0.05) is 5.02 Å². The first-order valence-corrected chi connectivity index (χ1v) is 8.43. The normalized spacial score (nSPS) is 10.2. The van der Waals surface area contributed by atoms with E-state index in [-0.39, 0.29) is 5.56 Å². The van der Waals surface area contributed by atoms with E-state index >= 15 is 0 Å². The summed E-state index contributed by atoms with van der Waals surface area (Å²) < 4.78 is 15.6. The van der Waals surface area contributed by atoms with Crippen LogP contribution in [-0.2, 0) is 9.53 Å². The second-order valence-electron chi connectivity index (χ2n) is 5.05. The molecule has 1 N–H and O–H groups in total. The molecule has 0 bridgehead atoms. The van der Waals surface area contributed by atoms with E-state index in [1.165, 1.54) is 25.3 Å². The predicted octanol–water partition coefficient (Wildman–Crippen LogP) is 4.20. The number of hydrogen-bond donors (Lipinski definition) is 1. The topological polar surface area (TPSA) is 73.9 Å². The van der Waals surface area contributed by atoms with Gasteiger partial charge < -0.3 is 19.5 Å². The number of benzene rings is 2. The molecule has 0 unspecified atom stereocenters. The standard InChI is InChI=1S/C18H17Cl2NO5/c1-3-25-16-8-11(4-7-15(16)24-2)18(23)26-10-17(22)21-14-9-12(19)5-6-13(14)20/h4-9H,3,10H2,1-2H3,(H,21,22). The summed E-state index contributed by atoms with van der Waals surface area (Å²) in [5.74, 6) is -0.293. The van der Waals surface area contributed by atoms with Gasteiger partial charge in [0.1, 0.15) is 0 Å². The number of carbonyl (C=O) groups excluding carboxylic acids is 2. The van der Waals surface area contributed by atoms with Crippen LogP contribution in [0.1, 0.15) is 17.3 Å². The van der Waals surface area contributed by atoms with Gasteiger partial charge in [0.25, 0.3) is 5.91 Å². The molecule has 6 nitrogen and oxygen atoms in total. The lowest BCUT2D eigenvalue weighted by molar-refractivity contribution is -0.119. The van der Waals surface area contributed by atoms with Gasteiger partial charge in [-0.3, -0.25) is 4.79 Å². The Kier molecular flexibility index (Phi) is 7.12. The molecule has 0 atom stereocenters. The summed E-state index contributed by atoms with van der Waals surface area (Å²) in [6.45, 7) is 1.76. The number of nitrogens with one attached hydrogen (secondary N) is 1. The van der Waals surface area contributed by atoms with Crippen LogP contribution in [0.15, 0.2) is 36.4 Å². The van der Waals surface area contributed by atoms with Crippen molar-refractivity contribution in [3.05, 3.63) is 52.0 Å². The second kappa shape index (κ2) is 9.31. The van der Waals surface area contributed by atoms with Crippen molar-refractivity contribution in [1.29, 1.82) is 0 Å². The van der Waals surface area contributed by atoms with Crippen LogP contribution in [0.3, 0.4) is 0 Å². The Morgan fingerprint density at radius 1 is 1.08 bits per heavy atom. The first kappa shape index (κ1) is 19.9. The van der Waals surface area contributed by atoms with Crippen LogP contribution in [-0.4, -0.2) is 32.2 Å². The van der Waals surface area contributed by atoms with Crippen LogP contribution in [0.4, 0.5) is 5.69 Å². The molecule has 2 rings (SSSR count). The SMILES string of the molecule is CCOc1cc(C(=O)OCC(=O)Nc2cc(Cl)ccc2Cl)ccc1OC. The van der Waals surface area contributed by atoms with Crippen molar-refractivity contribution < 1.29 is 23.8 Å². The summed E-state index contributed by atoms with van der Waals surface area (Å²) in [6, 6.07) is 9.26. The summed E-state index contributed by atoms with van der Waals surface area (Å²) in [4.78, 5) is 24.1. The van der Waals surface area contributed by atoms with Crippen LogP contribution < -0.4 is 14.8 Å². The molecule has 26 heavy (non-hydrogen) atoms. The molecule has 0 spiro atoms. The van der Waals surface area contributed by atoms with Crippen molar-refractivity contribution >= 4 is 40.8 Å². The Labute approximate surface area is 160 Å². The molecule has 0 saturated carbocycles. The molecule has 2 aromatic carbocycles. The van der Waals surface area contributed by atoms with Crippen molar-refractivity contribution in [1.82, 2.24) is 0 Å². The van der Waals surface area contributed by atoms with Crippen molar-refractivity contribution in [2.75, 3.05) is 25.6 Å². The molecule has 0 saturated heterocycles. The number of hydrogen-bond acceptors (Lipinski definition) is 5. The fourth-order valence-corrected chi connectivity index (χ4v) is 2.40. The van der Waals surface area contributed by atoms with E-state index in [2.05, 4.69) is 5.32 Å². The van der Waals surface area contributed by atoms with Crippen LogP contribution in [0.2, 0.25) is 10.0 Å². The van der Waals surface area contributed by atoms with E-state index in [1.807, 2.05) is 6.92 Å². The van der Waals surface area contributed by atoms with Gasteiger partial charge in [-0.25, -0.2) is 4.79 Å². The largest absolute Gasteiger partial charge is 0.493 e. The minimum absolute atomic E-state index is 0.239. The van der Waals surface area contributed by atoms with Crippen molar-refractivity contribution in [2.45, 2.75) is 6.92 Å². The van der Waals surface area contributed by atoms with Gasteiger partial charge in [-0.1, -0.05) is 23.2 Å². The van der Waals surface area contributed by atoms with Crippen molar-refractivity contribution in [3.8, 4) is 11.5 Å². The molecule has 0 aliphatic rings. The Morgan fingerprint density at radius 2 is 1.85 bits per heavy atom. The number of halogens is 2. The lowest BCUT2D eigenvalue weighted by Crippen LogP contribution is -2.21. The zero-order valence-electron chi connectivity index (χ0n) is 14.2. The van der Waals surface area contributed by atoms with Gasteiger partial charge >= 0.3 is 5.97 Å². The summed E-state index contributed by atoms with van der Waals surface area (Å²) in [5.41, 5.74) is 0.575. The number of anilines is 1. The lowest BCUT2D eigenvalue weighted by Gasteiger charge is -2.11. The van der Waals surface area contributed by atoms with Gasteiger partial charge in [-0.15, -0.1) is 0 Å². The smallest absolute Gasteiger partial charge is 0.338 e. The molecular formula is C18H17Cl2NO5. The fourth-order valence-electron chi connectivity index (χ4n) is 2.07. The molecule has 2 aromatic rings. The quantitative estimate of drug-likeness (QED) is 0.708.